The van der Waals surface area contributed by atoms with Crippen LogP contribution in [-0.2, 0) is 18.1 Å². The summed E-state index contributed by atoms with van der Waals surface area (Å²) in [5.74, 6) is 0.765. The monoisotopic (exact) mass is 446 g/mol. The minimum atomic E-state index is -4.40. The number of piperidine rings is 1. The van der Waals surface area contributed by atoms with Gasteiger partial charge in [0.05, 0.1) is 17.0 Å². The van der Waals surface area contributed by atoms with Crippen LogP contribution >= 0.6 is 11.3 Å². The van der Waals surface area contributed by atoms with Gasteiger partial charge in [0.25, 0.3) is 5.91 Å². The minimum Gasteiger partial charge on any atom is -0.492 e. The number of thiophene rings is 1. The maximum absolute atomic E-state index is 13.1. The molecule has 31 heavy (non-hydrogen) atoms. The van der Waals surface area contributed by atoms with Crippen molar-refractivity contribution in [2.45, 2.75) is 31.0 Å². The number of nitrogens with zero attached hydrogens (tertiary/aromatic N) is 1. The molecular weight excluding hydrogens is 425 g/mol. The SMILES string of the molecule is NCc1ccc2c(c1)C1(CCN(C(=O)c3cc4cc(C(F)(F)F)ccc4s3)CC1)CO2. The van der Waals surface area contributed by atoms with Crippen molar-refractivity contribution in [3.63, 3.8) is 0 Å². The fraction of sp³-hybridized carbons (Fsp3) is 0.348. The Morgan fingerprint density at radius 1 is 1.13 bits per heavy atom. The molecule has 3 aromatic rings. The van der Waals surface area contributed by atoms with Gasteiger partial charge in [-0.1, -0.05) is 12.1 Å². The molecule has 0 bridgehead atoms. The summed E-state index contributed by atoms with van der Waals surface area (Å²) < 4.78 is 45.5. The van der Waals surface area contributed by atoms with Crippen LogP contribution in [0.25, 0.3) is 10.1 Å². The Labute approximate surface area is 181 Å². The number of alkyl halides is 3. The van der Waals surface area contributed by atoms with Gasteiger partial charge in [-0.3, -0.25) is 4.79 Å². The standard InChI is InChI=1S/C23H21F3N2O2S/c24-23(25,26)16-2-4-19-15(10-16)11-20(31-19)21(29)28-7-5-22(6-8-28)13-30-18-3-1-14(12-27)9-17(18)22/h1-4,9-11H,5-8,12-13,27H2. The van der Waals surface area contributed by atoms with Gasteiger partial charge in [0.1, 0.15) is 5.75 Å². The van der Waals surface area contributed by atoms with Crippen molar-refractivity contribution in [2.75, 3.05) is 19.7 Å². The second-order valence-corrected chi connectivity index (χ2v) is 9.34. The number of amides is 1. The fourth-order valence-corrected chi connectivity index (χ4v) is 5.58. The van der Waals surface area contributed by atoms with Gasteiger partial charge in [0, 0.05) is 35.3 Å². The molecule has 1 amide bonds. The van der Waals surface area contributed by atoms with Crippen LogP contribution < -0.4 is 10.5 Å². The van der Waals surface area contributed by atoms with Crippen molar-refractivity contribution in [3.05, 3.63) is 64.0 Å². The summed E-state index contributed by atoms with van der Waals surface area (Å²) in [6.45, 7) is 2.23. The summed E-state index contributed by atoms with van der Waals surface area (Å²) in [5.41, 5.74) is 7.22. The highest BCUT2D eigenvalue weighted by molar-refractivity contribution is 7.20. The van der Waals surface area contributed by atoms with Crippen LogP contribution in [0.4, 0.5) is 13.2 Å². The third-order valence-corrected chi connectivity index (χ3v) is 7.52. The number of hydrogen-bond donors (Lipinski definition) is 1. The second-order valence-electron chi connectivity index (χ2n) is 8.26. The number of fused-ring (bicyclic) bond motifs is 3. The van der Waals surface area contributed by atoms with E-state index < -0.39 is 11.7 Å². The molecule has 2 aliphatic heterocycles. The summed E-state index contributed by atoms with van der Waals surface area (Å²) in [6.07, 6.45) is -2.84. The summed E-state index contributed by atoms with van der Waals surface area (Å²) in [5, 5.41) is 0.448. The zero-order valence-electron chi connectivity index (χ0n) is 16.7. The molecule has 1 spiro atoms. The van der Waals surface area contributed by atoms with Gasteiger partial charge in [-0.05, 0) is 54.1 Å². The van der Waals surface area contributed by atoms with E-state index in [4.69, 9.17) is 10.5 Å². The predicted molar refractivity (Wildman–Crippen MR) is 113 cm³/mol. The lowest BCUT2D eigenvalue weighted by molar-refractivity contribution is -0.137. The van der Waals surface area contributed by atoms with Gasteiger partial charge >= 0.3 is 6.18 Å². The van der Waals surface area contributed by atoms with E-state index in [2.05, 4.69) is 6.07 Å². The molecule has 0 saturated carbocycles. The number of nitrogens with two attached hydrogens (primary N) is 1. The molecule has 0 aliphatic carbocycles. The normalized spacial score (nSPS) is 17.7. The number of carbonyl (C=O) groups is 1. The van der Waals surface area contributed by atoms with E-state index in [1.54, 1.807) is 11.0 Å². The molecule has 4 nitrogen and oxygen atoms in total. The molecular formula is C23H21F3N2O2S. The first kappa shape index (κ1) is 20.3. The quantitative estimate of drug-likeness (QED) is 0.606. The molecule has 1 fully saturated rings. The summed E-state index contributed by atoms with van der Waals surface area (Å²) in [6, 6.07) is 11.2. The molecule has 2 aromatic carbocycles. The number of rotatable bonds is 2. The van der Waals surface area contributed by atoms with Gasteiger partial charge in [0.2, 0.25) is 0 Å². The molecule has 2 N–H and O–H groups in total. The van der Waals surface area contributed by atoms with Crippen molar-refractivity contribution < 1.29 is 22.7 Å². The number of hydrogen-bond acceptors (Lipinski definition) is 4. The van der Waals surface area contributed by atoms with Crippen molar-refractivity contribution in [1.82, 2.24) is 4.90 Å². The summed E-state index contributed by atoms with van der Waals surface area (Å²) in [4.78, 5) is 15.3. The molecule has 1 aromatic heterocycles. The first-order chi connectivity index (χ1) is 14.8. The van der Waals surface area contributed by atoms with E-state index in [0.717, 1.165) is 36.3 Å². The molecule has 8 heteroatoms. The lowest BCUT2D eigenvalue weighted by Crippen LogP contribution is -2.45. The molecule has 162 valence electrons. The lowest BCUT2D eigenvalue weighted by Gasteiger charge is -2.38. The van der Waals surface area contributed by atoms with E-state index in [-0.39, 0.29) is 11.3 Å². The fourth-order valence-electron chi connectivity index (χ4n) is 4.57. The van der Waals surface area contributed by atoms with Gasteiger partial charge in [-0.2, -0.15) is 13.2 Å². The highest BCUT2D eigenvalue weighted by Gasteiger charge is 2.44. The lowest BCUT2D eigenvalue weighted by atomic mass is 9.74. The van der Waals surface area contributed by atoms with Crippen LogP contribution in [-0.4, -0.2) is 30.5 Å². The number of ether oxygens (including phenoxy) is 1. The van der Waals surface area contributed by atoms with Crippen molar-refractivity contribution in [2.24, 2.45) is 5.73 Å². The third-order valence-electron chi connectivity index (χ3n) is 6.42. The van der Waals surface area contributed by atoms with Crippen molar-refractivity contribution >= 4 is 27.3 Å². The highest BCUT2D eigenvalue weighted by atomic mass is 32.1. The Hall–Kier alpha value is -2.58. The largest absolute Gasteiger partial charge is 0.492 e. The average Bonchev–Trinajstić information content (AvgIpc) is 3.34. The Bertz CT molecular complexity index is 1160. The average molecular weight is 446 g/mol. The Morgan fingerprint density at radius 2 is 1.90 bits per heavy atom. The second kappa shape index (κ2) is 7.24. The molecule has 2 aliphatic rings. The minimum absolute atomic E-state index is 0.112. The van der Waals surface area contributed by atoms with Gasteiger partial charge in [-0.25, -0.2) is 0 Å². The van der Waals surface area contributed by atoms with Crippen LogP contribution in [0.15, 0.2) is 42.5 Å². The highest BCUT2D eigenvalue weighted by Crippen LogP contribution is 2.46. The Balaban J connectivity index is 1.34. The molecule has 0 radical (unpaired) electrons. The smallest absolute Gasteiger partial charge is 0.416 e. The van der Waals surface area contributed by atoms with Crippen LogP contribution in [0.1, 0.15) is 39.2 Å². The maximum atomic E-state index is 13.1. The number of halogens is 3. The van der Waals surface area contributed by atoms with E-state index in [0.29, 0.717) is 41.2 Å². The third kappa shape index (κ3) is 3.47. The summed E-state index contributed by atoms with van der Waals surface area (Å²) >= 11 is 1.24. The molecule has 0 unspecified atom stereocenters. The van der Waals surface area contributed by atoms with Gasteiger partial charge in [0.15, 0.2) is 0 Å². The molecule has 0 atom stereocenters. The zero-order chi connectivity index (χ0) is 21.8. The van der Waals surface area contributed by atoms with Crippen LogP contribution in [0.5, 0.6) is 5.75 Å². The van der Waals surface area contributed by atoms with E-state index in [9.17, 15) is 18.0 Å². The summed E-state index contributed by atoms with van der Waals surface area (Å²) in [7, 11) is 0. The van der Waals surface area contributed by atoms with E-state index in [1.807, 2.05) is 12.1 Å². The van der Waals surface area contributed by atoms with Crippen molar-refractivity contribution in [1.29, 1.82) is 0 Å². The molecule has 1 saturated heterocycles. The maximum Gasteiger partial charge on any atom is 0.416 e. The first-order valence-electron chi connectivity index (χ1n) is 10.2. The number of likely N-dealkylation sites (tertiary alicyclic amines) is 1. The van der Waals surface area contributed by atoms with E-state index >= 15 is 0 Å². The molecule has 5 rings (SSSR count). The topological polar surface area (TPSA) is 55.6 Å². The number of carbonyl (C=O) groups excluding carboxylic acids is 1. The van der Waals surface area contributed by atoms with Crippen LogP contribution in [0.3, 0.4) is 0 Å². The first-order valence-corrected chi connectivity index (χ1v) is 11.0. The predicted octanol–water partition coefficient (Wildman–Crippen LogP) is 4.95. The molecule has 3 heterocycles. The zero-order valence-corrected chi connectivity index (χ0v) is 17.5. The number of benzene rings is 2. The Kier molecular flexibility index (Phi) is 4.75. The van der Waals surface area contributed by atoms with Crippen LogP contribution in [0, 0.1) is 0 Å². The van der Waals surface area contributed by atoms with Crippen molar-refractivity contribution in [3.8, 4) is 5.75 Å². The van der Waals surface area contributed by atoms with E-state index in [1.165, 1.54) is 23.0 Å². The van der Waals surface area contributed by atoms with Gasteiger partial charge in [-0.15, -0.1) is 11.3 Å². The van der Waals surface area contributed by atoms with Gasteiger partial charge < -0.3 is 15.4 Å². The Morgan fingerprint density at radius 3 is 2.61 bits per heavy atom. The van der Waals surface area contributed by atoms with Crippen LogP contribution in [0.2, 0.25) is 0 Å².